The molecule has 2 N–H and O–H groups in total. The zero-order chi connectivity index (χ0) is 35.2. The molecular formula is C39H46FN3O5. The number of benzene rings is 3. The molecule has 6 bridgehead atoms. The number of nitrogens with zero attached hydrogens (tertiary/aromatic N) is 3. The van der Waals surface area contributed by atoms with Gasteiger partial charge in [0.15, 0.2) is 5.65 Å². The number of aliphatic carboxylic acids is 1. The third kappa shape index (κ3) is 9.19. The Bertz CT molecular complexity index is 1890. The molecule has 48 heavy (non-hydrogen) atoms. The Morgan fingerprint density at radius 1 is 0.979 bits per heavy atom. The molecule has 6 rings (SSSR count). The third-order valence-corrected chi connectivity index (χ3v) is 7.22. The summed E-state index contributed by atoms with van der Waals surface area (Å²) in [6.07, 6.45) is 1.43. The van der Waals surface area contributed by atoms with Gasteiger partial charge in [-0.1, -0.05) is 50.6 Å². The van der Waals surface area contributed by atoms with Crippen LogP contribution in [0.15, 0.2) is 66.7 Å². The van der Waals surface area contributed by atoms with Crippen LogP contribution < -0.4 is 9.47 Å². The van der Waals surface area contributed by atoms with Crippen LogP contribution in [0.3, 0.4) is 0 Å². The number of fused-ring (bicyclic) bond motifs is 9. The van der Waals surface area contributed by atoms with E-state index in [9.17, 15) is 14.3 Å². The minimum absolute atomic E-state index is 0.195. The first-order valence-electron chi connectivity index (χ1n) is 16.3. The molecule has 0 amide bonds. The molecule has 254 valence electrons. The van der Waals surface area contributed by atoms with Crippen LogP contribution in [0, 0.1) is 19.7 Å². The number of hydrogen-bond acceptors (Lipinski definition) is 6. The lowest BCUT2D eigenvalue weighted by Gasteiger charge is -2.19. The smallest absolute Gasteiger partial charge is 0.307 e. The summed E-state index contributed by atoms with van der Waals surface area (Å²) in [6, 6.07) is 20.1. The SMILES string of the molecule is CC(C)(C)O.CCC.Cc1ccc2cc1OC(C)CCOc1cc(F)ccc1-c1cccc(c1)-c1cc3nc(C)c(CC(=O)O)c-2n3n1. The highest BCUT2D eigenvalue weighted by atomic mass is 19.1. The first-order chi connectivity index (χ1) is 22.7. The molecule has 0 spiro atoms. The molecule has 3 aromatic carbocycles. The number of carbonyl (C=O) groups is 1. The largest absolute Gasteiger partial charge is 0.493 e. The number of carboxylic acid groups (broad SMARTS) is 1. The average Bonchev–Trinajstić information content (AvgIpc) is 3.41. The number of ether oxygens (including phenoxy) is 2. The van der Waals surface area contributed by atoms with Gasteiger partial charge in [0.05, 0.1) is 36.1 Å². The van der Waals surface area contributed by atoms with Crippen LogP contribution in [-0.4, -0.2) is 49.1 Å². The van der Waals surface area contributed by atoms with Crippen molar-refractivity contribution in [3.8, 4) is 45.1 Å². The number of hydrogen-bond donors (Lipinski definition) is 2. The number of aryl methyl sites for hydroxylation is 2. The Hall–Kier alpha value is -4.76. The molecule has 0 saturated carbocycles. The maximum atomic E-state index is 14.2. The monoisotopic (exact) mass is 655 g/mol. The molecule has 0 saturated heterocycles. The maximum Gasteiger partial charge on any atom is 0.307 e. The highest BCUT2D eigenvalue weighted by Gasteiger charge is 2.21. The molecule has 1 aliphatic heterocycles. The number of halogens is 1. The molecule has 3 heterocycles. The van der Waals surface area contributed by atoms with E-state index in [-0.39, 0.29) is 18.3 Å². The van der Waals surface area contributed by atoms with E-state index in [2.05, 4.69) is 13.8 Å². The molecule has 0 aliphatic carbocycles. The van der Waals surface area contributed by atoms with Crippen LogP contribution in [-0.2, 0) is 11.2 Å². The number of carboxylic acids is 1. The zero-order valence-corrected chi connectivity index (χ0v) is 29.1. The van der Waals surface area contributed by atoms with Gasteiger partial charge in [0.1, 0.15) is 17.3 Å². The topological polar surface area (TPSA) is 106 Å². The van der Waals surface area contributed by atoms with Gasteiger partial charge in [0.25, 0.3) is 0 Å². The fourth-order valence-electron chi connectivity index (χ4n) is 5.14. The molecule has 0 fully saturated rings. The van der Waals surface area contributed by atoms with Gasteiger partial charge >= 0.3 is 5.97 Å². The number of rotatable bonds is 2. The van der Waals surface area contributed by atoms with Crippen molar-refractivity contribution in [2.45, 2.75) is 86.4 Å². The molecule has 1 atom stereocenters. The lowest BCUT2D eigenvalue weighted by Crippen LogP contribution is -2.16. The van der Waals surface area contributed by atoms with Gasteiger partial charge in [-0.3, -0.25) is 4.79 Å². The molecule has 8 nitrogen and oxygen atoms in total. The molecule has 2 aromatic heterocycles. The van der Waals surface area contributed by atoms with E-state index in [0.717, 1.165) is 27.8 Å². The summed E-state index contributed by atoms with van der Waals surface area (Å²) in [7, 11) is 0. The molecule has 0 radical (unpaired) electrons. The second-order valence-electron chi connectivity index (χ2n) is 13.0. The van der Waals surface area contributed by atoms with Crippen LogP contribution in [0.1, 0.15) is 71.2 Å². The lowest BCUT2D eigenvalue weighted by atomic mass is 10.00. The highest BCUT2D eigenvalue weighted by molar-refractivity contribution is 5.80. The van der Waals surface area contributed by atoms with Crippen molar-refractivity contribution in [3.05, 3.63) is 89.4 Å². The van der Waals surface area contributed by atoms with E-state index in [1.807, 2.05) is 69.3 Å². The van der Waals surface area contributed by atoms with Crippen molar-refractivity contribution in [2.24, 2.45) is 0 Å². The highest BCUT2D eigenvalue weighted by Crippen LogP contribution is 2.36. The quantitative estimate of drug-likeness (QED) is 0.196. The van der Waals surface area contributed by atoms with Crippen LogP contribution in [0.2, 0.25) is 0 Å². The van der Waals surface area contributed by atoms with Crippen molar-refractivity contribution in [3.63, 3.8) is 0 Å². The van der Waals surface area contributed by atoms with Gasteiger partial charge in [-0.15, -0.1) is 0 Å². The summed E-state index contributed by atoms with van der Waals surface area (Å²) in [4.78, 5) is 16.6. The van der Waals surface area contributed by atoms with Gasteiger partial charge in [-0.25, -0.2) is 13.9 Å². The molecular weight excluding hydrogens is 609 g/mol. The van der Waals surface area contributed by atoms with Gasteiger partial charge in [-0.2, -0.15) is 5.10 Å². The minimum Gasteiger partial charge on any atom is -0.493 e. The van der Waals surface area contributed by atoms with Gasteiger partial charge in [-0.05, 0) is 76.9 Å². The summed E-state index contributed by atoms with van der Waals surface area (Å²) >= 11 is 0. The van der Waals surface area contributed by atoms with Gasteiger partial charge in [0, 0.05) is 46.5 Å². The van der Waals surface area contributed by atoms with Crippen molar-refractivity contribution in [1.82, 2.24) is 14.6 Å². The lowest BCUT2D eigenvalue weighted by molar-refractivity contribution is -0.136. The van der Waals surface area contributed by atoms with E-state index in [4.69, 9.17) is 24.7 Å². The van der Waals surface area contributed by atoms with Crippen LogP contribution in [0.4, 0.5) is 4.39 Å². The standard InChI is InChI=1S/C32H28FN3O4.C4H10O.C3H8/c1-18-7-8-23-14-28(18)40-19(2)11-12-39-29-15-24(33)9-10-25(29)21-5-4-6-22(13-21)27-17-30-34-20(3)26(16-31(37)38)32(23)36(30)35-27;1-4(2,3)5;1-3-2/h4-10,13-15,17,19H,11-12,16H2,1-3H3,(H,37,38);5H,1-3H3;3H2,1-2H3. The van der Waals surface area contributed by atoms with Crippen molar-refractivity contribution in [2.75, 3.05) is 6.61 Å². The first-order valence-corrected chi connectivity index (χ1v) is 16.3. The van der Waals surface area contributed by atoms with Crippen molar-refractivity contribution < 1.29 is 28.9 Å². The fraction of sp³-hybridized carbons (Fsp3) is 0.359. The van der Waals surface area contributed by atoms with E-state index in [1.165, 1.54) is 18.6 Å². The van der Waals surface area contributed by atoms with Crippen LogP contribution in [0.5, 0.6) is 11.5 Å². The Kier molecular flexibility index (Phi) is 11.6. The van der Waals surface area contributed by atoms with Crippen molar-refractivity contribution >= 4 is 11.6 Å². The second-order valence-corrected chi connectivity index (χ2v) is 13.0. The summed E-state index contributed by atoms with van der Waals surface area (Å²) < 4.78 is 28.4. The first kappa shape index (κ1) is 36.1. The maximum absolute atomic E-state index is 14.2. The van der Waals surface area contributed by atoms with Gasteiger partial charge < -0.3 is 19.7 Å². The van der Waals surface area contributed by atoms with E-state index in [1.54, 1.807) is 31.4 Å². The second kappa shape index (κ2) is 15.4. The predicted molar refractivity (Wildman–Crippen MR) is 188 cm³/mol. The van der Waals surface area contributed by atoms with Gasteiger partial charge in [0.2, 0.25) is 0 Å². The fourth-order valence-corrected chi connectivity index (χ4v) is 5.14. The third-order valence-electron chi connectivity index (χ3n) is 7.22. The predicted octanol–water partition coefficient (Wildman–Crippen LogP) is 8.86. The average molecular weight is 656 g/mol. The Labute approximate surface area is 282 Å². The zero-order valence-electron chi connectivity index (χ0n) is 29.1. The van der Waals surface area contributed by atoms with E-state index in [0.29, 0.717) is 52.8 Å². The van der Waals surface area contributed by atoms with Crippen LogP contribution in [0.25, 0.3) is 39.3 Å². The summed E-state index contributed by atoms with van der Waals surface area (Å²) in [6.45, 7) is 15.6. The van der Waals surface area contributed by atoms with E-state index >= 15 is 0 Å². The molecule has 1 unspecified atom stereocenters. The Balaban J connectivity index is 0.000000588. The molecule has 5 aromatic rings. The summed E-state index contributed by atoms with van der Waals surface area (Å²) in [5.41, 5.74) is 6.86. The number of aliphatic hydroxyl groups is 1. The number of aromatic nitrogens is 3. The normalized spacial score (nSPS) is 13.9. The Morgan fingerprint density at radius 3 is 2.35 bits per heavy atom. The van der Waals surface area contributed by atoms with Crippen molar-refractivity contribution in [1.29, 1.82) is 0 Å². The summed E-state index contributed by atoms with van der Waals surface area (Å²) in [5, 5.41) is 23.2. The Morgan fingerprint density at radius 2 is 1.67 bits per heavy atom. The van der Waals surface area contributed by atoms with E-state index < -0.39 is 11.6 Å². The minimum atomic E-state index is -0.948. The molecule has 1 aliphatic rings. The summed E-state index contributed by atoms with van der Waals surface area (Å²) in [5.74, 6) is -0.177. The van der Waals surface area contributed by atoms with Crippen LogP contribution >= 0.6 is 0 Å². The molecule has 9 heteroatoms.